The largest absolute Gasteiger partial charge is 0.444 e. The number of hydrogen-bond acceptors (Lipinski definition) is 4. The van der Waals surface area contributed by atoms with E-state index in [1.807, 2.05) is 34.9 Å². The van der Waals surface area contributed by atoms with Gasteiger partial charge in [-0.1, -0.05) is 12.8 Å². The molecule has 8 heteroatoms. The van der Waals surface area contributed by atoms with E-state index in [2.05, 4.69) is 22.9 Å². The van der Waals surface area contributed by atoms with Crippen molar-refractivity contribution in [2.45, 2.75) is 96.7 Å². The van der Waals surface area contributed by atoms with Gasteiger partial charge < -0.3 is 25.6 Å². The highest BCUT2D eigenvalue weighted by molar-refractivity contribution is 5.84. The van der Waals surface area contributed by atoms with E-state index >= 15 is 0 Å². The van der Waals surface area contributed by atoms with Crippen LogP contribution in [0.4, 0.5) is 4.79 Å². The number of alkyl carbamates (subject to hydrolysis) is 1. The lowest BCUT2D eigenvalue weighted by Crippen LogP contribution is -2.48. The van der Waals surface area contributed by atoms with E-state index < -0.39 is 5.60 Å². The van der Waals surface area contributed by atoms with Crippen molar-refractivity contribution in [2.24, 2.45) is 10.4 Å². The molecule has 0 spiro atoms. The molecule has 0 bridgehead atoms. The van der Waals surface area contributed by atoms with Crippen molar-refractivity contribution in [2.75, 3.05) is 27.2 Å². The minimum atomic E-state index is -0.481. The summed E-state index contributed by atoms with van der Waals surface area (Å²) in [6, 6.07) is 0.449. The van der Waals surface area contributed by atoms with Crippen LogP contribution in [0.15, 0.2) is 4.99 Å². The van der Waals surface area contributed by atoms with Crippen LogP contribution >= 0.6 is 0 Å². The second kappa shape index (κ2) is 11.0. The summed E-state index contributed by atoms with van der Waals surface area (Å²) in [5.74, 6) is 0.974. The van der Waals surface area contributed by atoms with Gasteiger partial charge in [-0.05, 0) is 66.2 Å². The molecule has 2 fully saturated rings. The molecule has 2 saturated carbocycles. The van der Waals surface area contributed by atoms with Crippen LogP contribution in [-0.4, -0.2) is 67.7 Å². The Morgan fingerprint density at radius 2 is 1.58 bits per heavy atom. The molecular weight excluding hydrogens is 394 g/mol. The second-order valence-electron chi connectivity index (χ2n) is 10.2. The predicted molar refractivity (Wildman–Crippen MR) is 124 cm³/mol. The molecule has 0 unspecified atom stereocenters. The highest BCUT2D eigenvalue weighted by Crippen LogP contribution is 2.39. The molecule has 178 valence electrons. The first-order valence-corrected chi connectivity index (χ1v) is 11.8. The molecule has 2 rings (SSSR count). The first kappa shape index (κ1) is 25.3. The Morgan fingerprint density at radius 3 is 2.06 bits per heavy atom. The van der Waals surface area contributed by atoms with Crippen molar-refractivity contribution in [3.63, 3.8) is 0 Å². The van der Waals surface area contributed by atoms with Crippen molar-refractivity contribution in [1.82, 2.24) is 20.9 Å². The molecule has 0 aromatic rings. The van der Waals surface area contributed by atoms with E-state index in [-0.39, 0.29) is 23.5 Å². The maximum Gasteiger partial charge on any atom is 0.407 e. The maximum absolute atomic E-state index is 12.8. The Bertz CT molecular complexity index is 628. The fraction of sp³-hybridized carbons (Fsp3) is 0.870. The number of rotatable bonds is 6. The molecule has 0 aromatic heterocycles. The molecule has 0 radical (unpaired) electrons. The number of nitrogens with one attached hydrogen (secondary N) is 3. The third-order valence-corrected chi connectivity index (χ3v) is 6.09. The lowest BCUT2D eigenvalue weighted by atomic mass is 9.85. The van der Waals surface area contributed by atoms with Crippen LogP contribution in [0.25, 0.3) is 0 Å². The third kappa shape index (κ3) is 7.89. The summed E-state index contributed by atoms with van der Waals surface area (Å²) >= 11 is 0. The minimum Gasteiger partial charge on any atom is -0.444 e. The highest BCUT2D eigenvalue weighted by Gasteiger charge is 2.42. The van der Waals surface area contributed by atoms with E-state index in [1.165, 1.54) is 0 Å². The molecule has 0 aromatic carbocycles. The summed E-state index contributed by atoms with van der Waals surface area (Å²) in [4.78, 5) is 31.4. The van der Waals surface area contributed by atoms with Gasteiger partial charge >= 0.3 is 6.09 Å². The van der Waals surface area contributed by atoms with Gasteiger partial charge in [-0.25, -0.2) is 4.79 Å². The zero-order valence-electron chi connectivity index (χ0n) is 20.3. The molecule has 2 amide bonds. The summed E-state index contributed by atoms with van der Waals surface area (Å²) in [7, 11) is 3.67. The van der Waals surface area contributed by atoms with Crippen LogP contribution in [0.1, 0.15) is 79.1 Å². The van der Waals surface area contributed by atoms with Gasteiger partial charge in [0.25, 0.3) is 0 Å². The molecule has 2 aliphatic carbocycles. The minimum absolute atomic E-state index is 0.145. The number of amides is 2. The van der Waals surface area contributed by atoms with Crippen LogP contribution in [0, 0.1) is 5.41 Å². The van der Waals surface area contributed by atoms with Crippen LogP contribution in [0.3, 0.4) is 0 Å². The van der Waals surface area contributed by atoms with E-state index in [0.29, 0.717) is 12.6 Å². The lowest BCUT2D eigenvalue weighted by Gasteiger charge is -2.32. The average molecular weight is 438 g/mol. The zero-order valence-corrected chi connectivity index (χ0v) is 20.3. The number of carbonyl (C=O) groups excluding carboxylic acids is 2. The first-order chi connectivity index (χ1) is 14.5. The highest BCUT2D eigenvalue weighted by atomic mass is 16.6. The monoisotopic (exact) mass is 437 g/mol. The van der Waals surface area contributed by atoms with Gasteiger partial charge in [0.05, 0.1) is 12.0 Å². The molecule has 31 heavy (non-hydrogen) atoms. The fourth-order valence-corrected chi connectivity index (χ4v) is 4.57. The van der Waals surface area contributed by atoms with Gasteiger partial charge in [0, 0.05) is 32.7 Å². The molecule has 0 saturated heterocycles. The van der Waals surface area contributed by atoms with E-state index in [4.69, 9.17) is 9.73 Å². The third-order valence-electron chi connectivity index (χ3n) is 6.09. The topological polar surface area (TPSA) is 95.1 Å². The van der Waals surface area contributed by atoms with E-state index in [9.17, 15) is 9.59 Å². The Morgan fingerprint density at radius 1 is 1.03 bits per heavy atom. The van der Waals surface area contributed by atoms with Gasteiger partial charge in [-0.3, -0.25) is 9.79 Å². The Kier molecular flexibility index (Phi) is 9.01. The van der Waals surface area contributed by atoms with Crippen molar-refractivity contribution < 1.29 is 14.3 Å². The standard InChI is InChI=1S/C23H43N5O3/c1-7-24-20(25-16-23(14-8-9-15-23)19(29)28(5)6)26-17-10-12-18(13-11-17)27-21(30)31-22(2,3)4/h17-18H,7-16H2,1-6H3,(H,27,30)(H2,24,25,26). The summed E-state index contributed by atoms with van der Waals surface area (Å²) in [5, 5.41) is 9.87. The Balaban J connectivity index is 1.89. The van der Waals surface area contributed by atoms with Gasteiger partial charge in [0.2, 0.25) is 5.91 Å². The van der Waals surface area contributed by atoms with Crippen molar-refractivity contribution in [3.8, 4) is 0 Å². The summed E-state index contributed by atoms with van der Waals surface area (Å²) in [6.07, 6.45) is 7.37. The van der Waals surface area contributed by atoms with Crippen molar-refractivity contribution in [1.29, 1.82) is 0 Å². The van der Waals surface area contributed by atoms with Crippen LogP contribution in [-0.2, 0) is 9.53 Å². The van der Waals surface area contributed by atoms with E-state index in [1.54, 1.807) is 4.90 Å². The summed E-state index contributed by atoms with van der Waals surface area (Å²) in [6.45, 7) is 8.96. The van der Waals surface area contributed by atoms with Gasteiger partial charge in [-0.15, -0.1) is 0 Å². The fourth-order valence-electron chi connectivity index (χ4n) is 4.57. The quantitative estimate of drug-likeness (QED) is 0.439. The van der Waals surface area contributed by atoms with Gasteiger partial charge in [-0.2, -0.15) is 0 Å². The number of hydrogen-bond donors (Lipinski definition) is 3. The maximum atomic E-state index is 12.8. The zero-order chi connectivity index (χ0) is 23.1. The van der Waals surface area contributed by atoms with Crippen LogP contribution in [0.2, 0.25) is 0 Å². The molecule has 0 atom stereocenters. The van der Waals surface area contributed by atoms with Crippen LogP contribution in [0.5, 0.6) is 0 Å². The second-order valence-corrected chi connectivity index (χ2v) is 10.2. The summed E-state index contributed by atoms with van der Waals surface area (Å²) in [5.41, 5.74) is -0.842. The molecule has 8 nitrogen and oxygen atoms in total. The number of carbonyl (C=O) groups is 2. The van der Waals surface area contributed by atoms with Crippen LogP contribution < -0.4 is 16.0 Å². The summed E-state index contributed by atoms with van der Waals surface area (Å²) < 4.78 is 5.36. The molecule has 0 aliphatic heterocycles. The number of guanidine groups is 1. The number of ether oxygens (including phenoxy) is 1. The Hall–Kier alpha value is -1.99. The normalized spacial score (nSPS) is 23.7. The average Bonchev–Trinajstić information content (AvgIpc) is 3.15. The van der Waals surface area contributed by atoms with Gasteiger partial charge in [0.15, 0.2) is 5.96 Å². The molecule has 0 heterocycles. The lowest BCUT2D eigenvalue weighted by molar-refractivity contribution is -0.138. The molecule has 2 aliphatic rings. The van der Waals surface area contributed by atoms with Crippen molar-refractivity contribution in [3.05, 3.63) is 0 Å². The SMILES string of the molecule is CCNC(=NCC1(C(=O)N(C)C)CCCC1)NC1CCC(NC(=O)OC(C)(C)C)CC1. The smallest absolute Gasteiger partial charge is 0.407 e. The number of nitrogens with zero attached hydrogens (tertiary/aromatic N) is 2. The molecular formula is C23H43N5O3. The molecule has 3 N–H and O–H groups in total. The number of aliphatic imine (C=N–C) groups is 1. The predicted octanol–water partition coefficient (Wildman–Crippen LogP) is 3.03. The Labute approximate surface area is 187 Å². The first-order valence-electron chi connectivity index (χ1n) is 11.8. The van der Waals surface area contributed by atoms with E-state index in [0.717, 1.165) is 63.9 Å². The van der Waals surface area contributed by atoms with Gasteiger partial charge in [0.1, 0.15) is 5.60 Å². The van der Waals surface area contributed by atoms with Crippen molar-refractivity contribution >= 4 is 18.0 Å².